The van der Waals surface area contributed by atoms with Gasteiger partial charge in [-0.25, -0.2) is 9.37 Å². The van der Waals surface area contributed by atoms with E-state index in [1.807, 2.05) is 6.92 Å². The van der Waals surface area contributed by atoms with Crippen molar-refractivity contribution in [2.24, 2.45) is 0 Å². The maximum atomic E-state index is 13.4. The van der Waals surface area contributed by atoms with Crippen molar-refractivity contribution >= 4 is 17.4 Å². The lowest BCUT2D eigenvalue weighted by Crippen LogP contribution is -2.14. The van der Waals surface area contributed by atoms with Crippen LogP contribution in [0.3, 0.4) is 0 Å². The van der Waals surface area contributed by atoms with Gasteiger partial charge in [0.05, 0.1) is 0 Å². The summed E-state index contributed by atoms with van der Waals surface area (Å²) in [5.41, 5.74) is 2.10. The van der Waals surface area contributed by atoms with Gasteiger partial charge < -0.3 is 10.6 Å². The zero-order valence-corrected chi connectivity index (χ0v) is 11.6. The van der Waals surface area contributed by atoms with Crippen LogP contribution in [-0.4, -0.2) is 17.9 Å². The van der Waals surface area contributed by atoms with E-state index in [9.17, 15) is 9.18 Å². The Morgan fingerprint density at radius 2 is 2.00 bits per heavy atom. The van der Waals surface area contributed by atoms with Crippen molar-refractivity contribution in [1.29, 1.82) is 0 Å². The molecule has 5 heteroatoms. The Morgan fingerprint density at radius 3 is 2.70 bits per heavy atom. The first-order valence-corrected chi connectivity index (χ1v) is 6.24. The molecule has 0 aliphatic heterocycles. The molecule has 2 aromatic rings. The van der Waals surface area contributed by atoms with Crippen molar-refractivity contribution < 1.29 is 9.18 Å². The number of pyridine rings is 1. The number of aryl methyl sites for hydroxylation is 1. The number of benzene rings is 1. The van der Waals surface area contributed by atoms with Gasteiger partial charge in [0.25, 0.3) is 5.91 Å². The number of nitrogens with zero attached hydrogens (tertiary/aromatic N) is 1. The lowest BCUT2D eigenvalue weighted by Gasteiger charge is -2.10. The highest BCUT2D eigenvalue weighted by Gasteiger charge is 2.11. The van der Waals surface area contributed by atoms with Gasteiger partial charge in [0.15, 0.2) is 0 Å². The van der Waals surface area contributed by atoms with Crippen LogP contribution in [0.5, 0.6) is 0 Å². The van der Waals surface area contributed by atoms with Crippen LogP contribution in [0, 0.1) is 19.7 Å². The van der Waals surface area contributed by atoms with Crippen LogP contribution < -0.4 is 10.6 Å². The number of amides is 1. The summed E-state index contributed by atoms with van der Waals surface area (Å²) in [7, 11) is 1.74. The topological polar surface area (TPSA) is 54.0 Å². The second kappa shape index (κ2) is 5.69. The Bertz CT molecular complexity index is 656. The third-order valence-electron chi connectivity index (χ3n) is 2.99. The SMILES string of the molecule is CNc1cc(C(=O)Nc2cccc(F)c2C)cc(C)n1. The van der Waals surface area contributed by atoms with Gasteiger partial charge in [0, 0.05) is 29.6 Å². The standard InChI is InChI=1S/C15H16FN3O/c1-9-7-11(8-14(17-3)18-9)15(20)19-13-6-4-5-12(16)10(13)2/h4-8H,1-3H3,(H,17,18)(H,19,20). The van der Waals surface area contributed by atoms with Gasteiger partial charge in [-0.15, -0.1) is 0 Å². The number of aromatic nitrogens is 1. The Labute approximate surface area is 117 Å². The molecule has 0 aliphatic carbocycles. The highest BCUT2D eigenvalue weighted by Crippen LogP contribution is 2.19. The summed E-state index contributed by atoms with van der Waals surface area (Å²) in [5.74, 6) is -0.0172. The first-order chi connectivity index (χ1) is 9.51. The third-order valence-corrected chi connectivity index (χ3v) is 2.99. The van der Waals surface area contributed by atoms with E-state index in [4.69, 9.17) is 0 Å². The number of nitrogens with one attached hydrogen (secondary N) is 2. The van der Waals surface area contributed by atoms with Crippen LogP contribution in [0.25, 0.3) is 0 Å². The van der Waals surface area contributed by atoms with Crippen LogP contribution in [0.1, 0.15) is 21.6 Å². The van der Waals surface area contributed by atoms with Gasteiger partial charge in [0.1, 0.15) is 11.6 Å². The molecule has 0 atom stereocenters. The average molecular weight is 273 g/mol. The molecular weight excluding hydrogens is 257 g/mol. The zero-order chi connectivity index (χ0) is 14.7. The van der Waals surface area contributed by atoms with Crippen LogP contribution in [0.4, 0.5) is 15.9 Å². The van der Waals surface area contributed by atoms with E-state index in [0.29, 0.717) is 22.6 Å². The second-order valence-corrected chi connectivity index (χ2v) is 4.50. The molecule has 1 aromatic carbocycles. The molecule has 0 bridgehead atoms. The molecule has 2 N–H and O–H groups in total. The predicted molar refractivity (Wildman–Crippen MR) is 77.6 cm³/mol. The maximum Gasteiger partial charge on any atom is 0.255 e. The minimum Gasteiger partial charge on any atom is -0.373 e. The molecule has 2 rings (SSSR count). The molecule has 0 spiro atoms. The lowest BCUT2D eigenvalue weighted by atomic mass is 10.1. The van der Waals surface area contributed by atoms with Crippen LogP contribution in [0.2, 0.25) is 0 Å². The van der Waals surface area contributed by atoms with E-state index in [-0.39, 0.29) is 11.7 Å². The first-order valence-electron chi connectivity index (χ1n) is 6.24. The molecule has 0 saturated carbocycles. The third kappa shape index (κ3) is 2.93. The van der Waals surface area contributed by atoms with Crippen LogP contribution in [0.15, 0.2) is 30.3 Å². The number of carbonyl (C=O) groups excluding carboxylic acids is 1. The normalized spacial score (nSPS) is 10.2. The molecule has 0 fully saturated rings. The van der Waals surface area contributed by atoms with Crippen molar-refractivity contribution in [3.8, 4) is 0 Å². The van der Waals surface area contributed by atoms with Gasteiger partial charge in [0.2, 0.25) is 0 Å². The van der Waals surface area contributed by atoms with Gasteiger partial charge in [-0.05, 0) is 38.1 Å². The van der Waals surface area contributed by atoms with Gasteiger partial charge in [-0.2, -0.15) is 0 Å². The molecule has 0 aliphatic rings. The summed E-state index contributed by atoms with van der Waals surface area (Å²) >= 11 is 0. The molecule has 4 nitrogen and oxygen atoms in total. The van der Waals surface area contributed by atoms with Gasteiger partial charge in [-0.1, -0.05) is 6.07 Å². The first kappa shape index (κ1) is 14.0. The monoisotopic (exact) mass is 273 g/mol. The molecule has 0 unspecified atom stereocenters. The van der Waals surface area contributed by atoms with E-state index in [2.05, 4.69) is 15.6 Å². The van der Waals surface area contributed by atoms with Gasteiger partial charge in [-0.3, -0.25) is 4.79 Å². The fourth-order valence-corrected chi connectivity index (χ4v) is 1.87. The highest BCUT2D eigenvalue weighted by atomic mass is 19.1. The van der Waals surface area contributed by atoms with E-state index in [1.165, 1.54) is 6.07 Å². The van der Waals surface area contributed by atoms with Crippen LogP contribution >= 0.6 is 0 Å². The average Bonchev–Trinajstić information content (AvgIpc) is 2.43. The van der Waals surface area contributed by atoms with E-state index < -0.39 is 0 Å². The van der Waals surface area contributed by atoms with E-state index in [1.54, 1.807) is 38.2 Å². The Kier molecular flexibility index (Phi) is 3.98. The Hall–Kier alpha value is -2.43. The molecule has 1 amide bonds. The molecule has 20 heavy (non-hydrogen) atoms. The maximum absolute atomic E-state index is 13.4. The number of carbonyl (C=O) groups is 1. The summed E-state index contributed by atoms with van der Waals surface area (Å²) in [5, 5.41) is 5.61. The molecule has 0 radical (unpaired) electrons. The molecule has 104 valence electrons. The molecule has 0 saturated heterocycles. The second-order valence-electron chi connectivity index (χ2n) is 4.50. The highest BCUT2D eigenvalue weighted by molar-refractivity contribution is 6.05. The number of hydrogen-bond donors (Lipinski definition) is 2. The van der Waals surface area contributed by atoms with Crippen molar-refractivity contribution in [2.45, 2.75) is 13.8 Å². The molecular formula is C15H16FN3O. The summed E-state index contributed by atoms with van der Waals surface area (Å²) in [6.07, 6.45) is 0. The number of hydrogen-bond acceptors (Lipinski definition) is 3. The summed E-state index contributed by atoms with van der Waals surface area (Å²) in [6, 6.07) is 7.93. The van der Waals surface area contributed by atoms with Gasteiger partial charge >= 0.3 is 0 Å². The fourth-order valence-electron chi connectivity index (χ4n) is 1.87. The zero-order valence-electron chi connectivity index (χ0n) is 11.6. The van der Waals surface area contributed by atoms with Crippen molar-refractivity contribution in [3.63, 3.8) is 0 Å². The predicted octanol–water partition coefficient (Wildman–Crippen LogP) is 3.13. The van der Waals surface area contributed by atoms with Crippen molar-refractivity contribution in [1.82, 2.24) is 4.98 Å². The minimum atomic E-state index is -0.343. The fraction of sp³-hybridized carbons (Fsp3) is 0.200. The molecule has 1 heterocycles. The summed E-state index contributed by atoms with van der Waals surface area (Å²) < 4.78 is 13.4. The number of rotatable bonds is 3. The largest absolute Gasteiger partial charge is 0.373 e. The van der Waals surface area contributed by atoms with Crippen molar-refractivity contribution in [2.75, 3.05) is 17.7 Å². The van der Waals surface area contributed by atoms with Crippen LogP contribution in [-0.2, 0) is 0 Å². The Balaban J connectivity index is 2.28. The number of halogens is 1. The summed E-state index contributed by atoms with van der Waals surface area (Å²) in [6.45, 7) is 3.44. The van der Waals surface area contributed by atoms with Crippen molar-refractivity contribution in [3.05, 3.63) is 53.0 Å². The Morgan fingerprint density at radius 1 is 1.25 bits per heavy atom. The quantitative estimate of drug-likeness (QED) is 0.903. The van der Waals surface area contributed by atoms with E-state index in [0.717, 1.165) is 5.69 Å². The summed E-state index contributed by atoms with van der Waals surface area (Å²) in [4.78, 5) is 16.4. The molecule has 1 aromatic heterocycles. The minimum absolute atomic E-state index is 0.291. The van der Waals surface area contributed by atoms with E-state index >= 15 is 0 Å². The lowest BCUT2D eigenvalue weighted by molar-refractivity contribution is 0.102. The number of anilines is 2. The smallest absolute Gasteiger partial charge is 0.255 e.